The van der Waals surface area contributed by atoms with Gasteiger partial charge in [-0.25, -0.2) is 0 Å². The Balaban J connectivity index is 1.68. The van der Waals surface area contributed by atoms with Gasteiger partial charge in [-0.15, -0.1) is 0 Å². The first-order valence-electron chi connectivity index (χ1n) is 6.77. The number of hydrogen-bond acceptors (Lipinski definition) is 3. The van der Waals surface area contributed by atoms with Gasteiger partial charge in [0.1, 0.15) is 0 Å². The zero-order chi connectivity index (χ0) is 11.4. The Labute approximate surface area is 99.5 Å². The predicted octanol–water partition coefficient (Wildman–Crippen LogP) is 1.49. The first-order valence-corrected chi connectivity index (χ1v) is 6.77. The second-order valence-electron chi connectivity index (χ2n) is 5.47. The van der Waals surface area contributed by atoms with Crippen LogP contribution in [0.25, 0.3) is 0 Å². The summed E-state index contributed by atoms with van der Waals surface area (Å²) in [5.74, 6) is 0.876. The maximum absolute atomic E-state index is 5.30. The highest BCUT2D eigenvalue weighted by molar-refractivity contribution is 4.88. The van der Waals surface area contributed by atoms with Crippen molar-refractivity contribution in [2.45, 2.75) is 44.7 Å². The van der Waals surface area contributed by atoms with Crippen LogP contribution in [0.15, 0.2) is 0 Å². The molecule has 94 valence electrons. The van der Waals surface area contributed by atoms with E-state index in [0.29, 0.717) is 12.1 Å². The summed E-state index contributed by atoms with van der Waals surface area (Å²) in [7, 11) is 1.81. The van der Waals surface area contributed by atoms with E-state index in [1.54, 1.807) is 0 Å². The Morgan fingerprint density at radius 1 is 1.31 bits per heavy atom. The van der Waals surface area contributed by atoms with Crippen molar-refractivity contribution >= 4 is 0 Å². The molecule has 1 aliphatic carbocycles. The lowest BCUT2D eigenvalue weighted by Crippen LogP contribution is -2.46. The minimum Gasteiger partial charge on any atom is -0.383 e. The monoisotopic (exact) mass is 226 g/mol. The second kappa shape index (κ2) is 5.99. The van der Waals surface area contributed by atoms with Gasteiger partial charge >= 0.3 is 0 Å². The Kier molecular flexibility index (Phi) is 4.62. The number of ether oxygens (including phenoxy) is 1. The fourth-order valence-electron chi connectivity index (χ4n) is 2.77. The molecule has 0 radical (unpaired) electrons. The van der Waals surface area contributed by atoms with E-state index in [1.807, 2.05) is 7.11 Å². The van der Waals surface area contributed by atoms with Crippen molar-refractivity contribution in [3.05, 3.63) is 0 Å². The number of hydrogen-bond donors (Lipinski definition) is 1. The van der Waals surface area contributed by atoms with Crippen LogP contribution >= 0.6 is 0 Å². The largest absolute Gasteiger partial charge is 0.383 e. The predicted molar refractivity (Wildman–Crippen MR) is 66.7 cm³/mol. The molecular weight excluding hydrogens is 200 g/mol. The van der Waals surface area contributed by atoms with Crippen molar-refractivity contribution in [1.82, 2.24) is 10.2 Å². The molecule has 3 heteroatoms. The third kappa shape index (κ3) is 3.72. The fourth-order valence-corrected chi connectivity index (χ4v) is 2.77. The zero-order valence-electron chi connectivity index (χ0n) is 10.7. The van der Waals surface area contributed by atoms with Crippen molar-refractivity contribution in [1.29, 1.82) is 0 Å². The van der Waals surface area contributed by atoms with E-state index in [4.69, 9.17) is 4.74 Å². The third-order valence-electron chi connectivity index (χ3n) is 3.77. The highest BCUT2D eigenvalue weighted by Crippen LogP contribution is 2.32. The molecule has 3 nitrogen and oxygen atoms in total. The summed E-state index contributed by atoms with van der Waals surface area (Å²) >= 11 is 0. The topological polar surface area (TPSA) is 24.5 Å². The standard InChI is InChI=1S/C13H26N2O/c1-11(9-15-7-3-4-8-15)14-13(10-16-2)12-5-6-12/h11-14H,3-10H2,1-2H3. The van der Waals surface area contributed by atoms with Gasteiger partial charge in [-0.05, 0) is 51.6 Å². The minimum atomic E-state index is 0.586. The highest BCUT2D eigenvalue weighted by Gasteiger charge is 2.32. The molecular formula is C13H26N2O. The van der Waals surface area contributed by atoms with Crippen molar-refractivity contribution in [3.63, 3.8) is 0 Å². The SMILES string of the molecule is COCC(NC(C)CN1CCCC1)C1CC1. The van der Waals surface area contributed by atoms with E-state index in [-0.39, 0.29) is 0 Å². The average molecular weight is 226 g/mol. The number of likely N-dealkylation sites (tertiary alicyclic amines) is 1. The summed E-state index contributed by atoms with van der Waals surface area (Å²) in [6.07, 6.45) is 5.54. The molecule has 0 bridgehead atoms. The molecule has 2 atom stereocenters. The lowest BCUT2D eigenvalue weighted by Gasteiger charge is -2.26. The van der Waals surface area contributed by atoms with E-state index in [1.165, 1.54) is 45.3 Å². The molecule has 1 saturated heterocycles. The van der Waals surface area contributed by atoms with Crippen LogP contribution in [0.1, 0.15) is 32.6 Å². The van der Waals surface area contributed by atoms with Gasteiger partial charge in [-0.3, -0.25) is 0 Å². The molecule has 0 spiro atoms. The molecule has 0 aromatic carbocycles. The highest BCUT2D eigenvalue weighted by atomic mass is 16.5. The average Bonchev–Trinajstić information content (AvgIpc) is 2.98. The maximum atomic E-state index is 5.30. The molecule has 2 aliphatic rings. The Hall–Kier alpha value is -0.120. The molecule has 0 amide bonds. The van der Waals surface area contributed by atoms with Crippen molar-refractivity contribution in [2.24, 2.45) is 5.92 Å². The molecule has 1 N–H and O–H groups in total. The molecule has 2 rings (SSSR count). The molecule has 2 unspecified atom stereocenters. The van der Waals surface area contributed by atoms with Gasteiger partial charge in [0.25, 0.3) is 0 Å². The summed E-state index contributed by atoms with van der Waals surface area (Å²) in [6, 6.07) is 1.18. The van der Waals surface area contributed by atoms with Crippen LogP contribution in [-0.2, 0) is 4.74 Å². The maximum Gasteiger partial charge on any atom is 0.0618 e. The number of nitrogens with zero attached hydrogens (tertiary/aromatic N) is 1. The van der Waals surface area contributed by atoms with E-state index in [0.717, 1.165) is 12.5 Å². The number of nitrogens with one attached hydrogen (secondary N) is 1. The first-order chi connectivity index (χ1) is 7.79. The summed E-state index contributed by atoms with van der Waals surface area (Å²) in [5, 5.41) is 3.74. The number of methoxy groups -OCH3 is 1. The van der Waals surface area contributed by atoms with Crippen LogP contribution < -0.4 is 5.32 Å². The van der Waals surface area contributed by atoms with Crippen molar-refractivity contribution in [2.75, 3.05) is 33.4 Å². The summed E-state index contributed by atoms with van der Waals surface area (Å²) in [6.45, 7) is 6.97. The van der Waals surface area contributed by atoms with Crippen LogP contribution in [0.4, 0.5) is 0 Å². The Bertz CT molecular complexity index is 200. The van der Waals surface area contributed by atoms with Gasteiger partial charge in [-0.2, -0.15) is 0 Å². The van der Waals surface area contributed by atoms with E-state index < -0.39 is 0 Å². The van der Waals surface area contributed by atoms with Crippen LogP contribution in [0, 0.1) is 5.92 Å². The van der Waals surface area contributed by atoms with Gasteiger partial charge in [0, 0.05) is 25.7 Å². The lowest BCUT2D eigenvalue weighted by molar-refractivity contribution is 0.147. The Morgan fingerprint density at radius 3 is 2.56 bits per heavy atom. The summed E-state index contributed by atoms with van der Waals surface area (Å²) in [5.41, 5.74) is 0. The lowest BCUT2D eigenvalue weighted by atomic mass is 10.1. The quantitative estimate of drug-likeness (QED) is 0.712. The van der Waals surface area contributed by atoms with E-state index >= 15 is 0 Å². The zero-order valence-corrected chi connectivity index (χ0v) is 10.7. The van der Waals surface area contributed by atoms with Crippen LogP contribution in [0.3, 0.4) is 0 Å². The molecule has 2 fully saturated rings. The normalized spacial score (nSPS) is 25.9. The van der Waals surface area contributed by atoms with Gasteiger partial charge in [-0.1, -0.05) is 0 Å². The molecule has 0 aromatic heterocycles. The van der Waals surface area contributed by atoms with E-state index in [2.05, 4.69) is 17.1 Å². The minimum absolute atomic E-state index is 0.586. The van der Waals surface area contributed by atoms with Gasteiger partial charge < -0.3 is 15.0 Å². The molecule has 1 saturated carbocycles. The van der Waals surface area contributed by atoms with Crippen LogP contribution in [-0.4, -0.2) is 50.3 Å². The second-order valence-corrected chi connectivity index (χ2v) is 5.47. The Morgan fingerprint density at radius 2 is 2.00 bits per heavy atom. The molecule has 1 aliphatic heterocycles. The third-order valence-corrected chi connectivity index (χ3v) is 3.77. The van der Waals surface area contributed by atoms with E-state index in [9.17, 15) is 0 Å². The smallest absolute Gasteiger partial charge is 0.0618 e. The van der Waals surface area contributed by atoms with Crippen LogP contribution in [0.2, 0.25) is 0 Å². The first kappa shape index (κ1) is 12.3. The van der Waals surface area contributed by atoms with Crippen LogP contribution in [0.5, 0.6) is 0 Å². The van der Waals surface area contributed by atoms with Crippen molar-refractivity contribution in [3.8, 4) is 0 Å². The van der Waals surface area contributed by atoms with Crippen molar-refractivity contribution < 1.29 is 4.74 Å². The molecule has 16 heavy (non-hydrogen) atoms. The summed E-state index contributed by atoms with van der Waals surface area (Å²) < 4.78 is 5.30. The summed E-state index contributed by atoms with van der Waals surface area (Å²) in [4.78, 5) is 2.58. The molecule has 1 heterocycles. The fraction of sp³-hybridized carbons (Fsp3) is 1.00. The molecule has 0 aromatic rings. The van der Waals surface area contributed by atoms with Gasteiger partial charge in [0.05, 0.1) is 6.61 Å². The number of rotatable bonds is 7. The van der Waals surface area contributed by atoms with Gasteiger partial charge in [0.2, 0.25) is 0 Å². The van der Waals surface area contributed by atoms with Gasteiger partial charge in [0.15, 0.2) is 0 Å².